The largest absolute Gasteiger partial charge is 0.450 e. The van der Waals surface area contributed by atoms with Gasteiger partial charge in [-0.2, -0.15) is 10.1 Å². The molecule has 1 aliphatic rings. The van der Waals surface area contributed by atoms with Crippen molar-refractivity contribution in [1.29, 1.82) is 0 Å². The van der Waals surface area contributed by atoms with Gasteiger partial charge in [0.05, 0.1) is 24.0 Å². The molecule has 3 aromatic rings. The predicted molar refractivity (Wildman–Crippen MR) is 106 cm³/mol. The van der Waals surface area contributed by atoms with Crippen molar-refractivity contribution >= 4 is 34.4 Å². The highest BCUT2D eigenvalue weighted by molar-refractivity contribution is 5.91. The summed E-state index contributed by atoms with van der Waals surface area (Å²) in [5, 5.41) is 12.4. The number of aromatic nitrogens is 4. The minimum Gasteiger partial charge on any atom is -0.450 e. The second-order valence-electron chi connectivity index (χ2n) is 6.32. The summed E-state index contributed by atoms with van der Waals surface area (Å²) in [6.07, 6.45) is 3.12. The highest BCUT2D eigenvalue weighted by atomic mass is 16.6. The molecule has 1 saturated heterocycles. The van der Waals surface area contributed by atoms with Crippen LogP contribution in [0.4, 0.5) is 22.2 Å². The molecule has 0 saturated carbocycles. The lowest BCUT2D eigenvalue weighted by Gasteiger charge is -2.34. The third kappa shape index (κ3) is 3.78. The van der Waals surface area contributed by atoms with Gasteiger partial charge < -0.3 is 19.9 Å². The lowest BCUT2D eigenvalue weighted by Crippen LogP contribution is -2.49. The number of anilines is 3. The van der Waals surface area contributed by atoms with Crippen molar-refractivity contribution in [3.63, 3.8) is 0 Å². The number of hydrogen-bond acceptors (Lipinski definition) is 8. The van der Waals surface area contributed by atoms with Gasteiger partial charge in [-0.15, -0.1) is 5.10 Å². The van der Waals surface area contributed by atoms with Gasteiger partial charge in [0.1, 0.15) is 0 Å². The van der Waals surface area contributed by atoms with Crippen molar-refractivity contribution in [3.05, 3.63) is 42.7 Å². The number of benzene rings is 1. The zero-order valence-corrected chi connectivity index (χ0v) is 15.6. The van der Waals surface area contributed by atoms with Crippen LogP contribution >= 0.6 is 0 Å². The van der Waals surface area contributed by atoms with Gasteiger partial charge in [-0.25, -0.2) is 4.79 Å². The smallest absolute Gasteiger partial charge is 0.409 e. The van der Waals surface area contributed by atoms with Crippen LogP contribution in [0, 0.1) is 0 Å². The molecule has 3 heterocycles. The molecule has 1 N–H and O–H groups in total. The van der Waals surface area contributed by atoms with E-state index in [1.807, 2.05) is 30.3 Å². The van der Waals surface area contributed by atoms with Crippen LogP contribution < -0.4 is 10.2 Å². The molecule has 144 valence electrons. The first-order valence-corrected chi connectivity index (χ1v) is 9.22. The van der Waals surface area contributed by atoms with Gasteiger partial charge in [0.25, 0.3) is 0 Å². The molecule has 1 amide bonds. The molecule has 0 radical (unpaired) electrons. The van der Waals surface area contributed by atoms with Crippen molar-refractivity contribution < 1.29 is 9.53 Å². The summed E-state index contributed by atoms with van der Waals surface area (Å²) < 4.78 is 5.06. The van der Waals surface area contributed by atoms with E-state index in [1.54, 1.807) is 24.2 Å². The zero-order chi connectivity index (χ0) is 19.3. The summed E-state index contributed by atoms with van der Waals surface area (Å²) in [4.78, 5) is 24.6. The van der Waals surface area contributed by atoms with Crippen molar-refractivity contribution in [1.82, 2.24) is 25.1 Å². The first-order chi connectivity index (χ1) is 13.7. The number of para-hydroxylation sites is 1. The molecule has 1 fully saturated rings. The van der Waals surface area contributed by atoms with Gasteiger partial charge >= 0.3 is 6.09 Å². The third-order valence-electron chi connectivity index (χ3n) is 4.55. The average Bonchev–Trinajstić information content (AvgIpc) is 2.75. The number of nitrogens with one attached hydrogen (secondary N) is 1. The summed E-state index contributed by atoms with van der Waals surface area (Å²) in [6, 6.07) is 9.81. The SMILES string of the molecule is CCOC(=O)N1CCN(c2cnnc(Nc3cccc4cccnc34)n2)CC1. The summed E-state index contributed by atoms with van der Waals surface area (Å²) in [5.74, 6) is 1.12. The van der Waals surface area contributed by atoms with Crippen LogP contribution in [-0.4, -0.2) is 63.9 Å². The molecule has 4 rings (SSSR count). The van der Waals surface area contributed by atoms with Crippen LogP contribution in [0.15, 0.2) is 42.7 Å². The number of nitrogens with zero attached hydrogens (tertiary/aromatic N) is 6. The van der Waals surface area contributed by atoms with Crippen LogP contribution in [0.25, 0.3) is 10.9 Å². The highest BCUT2D eigenvalue weighted by Gasteiger charge is 2.23. The van der Waals surface area contributed by atoms with E-state index in [0.717, 1.165) is 16.6 Å². The monoisotopic (exact) mass is 379 g/mol. The second-order valence-corrected chi connectivity index (χ2v) is 6.32. The fraction of sp³-hybridized carbons (Fsp3) is 0.316. The number of amides is 1. The molecule has 1 aromatic carbocycles. The van der Waals surface area contributed by atoms with E-state index in [2.05, 4.69) is 30.4 Å². The number of piperazine rings is 1. The van der Waals surface area contributed by atoms with Gasteiger partial charge in [-0.05, 0) is 19.1 Å². The van der Waals surface area contributed by atoms with Crippen LogP contribution in [-0.2, 0) is 4.74 Å². The zero-order valence-electron chi connectivity index (χ0n) is 15.6. The average molecular weight is 379 g/mol. The number of carbonyl (C=O) groups excluding carboxylic acids is 1. The van der Waals surface area contributed by atoms with Crippen LogP contribution in [0.2, 0.25) is 0 Å². The minimum absolute atomic E-state index is 0.270. The standard InChI is InChI=1S/C19H21N7O2/c1-2-28-19(27)26-11-9-25(10-12-26)16-13-21-24-18(23-16)22-15-7-3-5-14-6-4-8-20-17(14)15/h3-8,13H,2,9-12H2,1H3,(H,22,23,24). The minimum atomic E-state index is -0.270. The van der Waals surface area contributed by atoms with Gasteiger partial charge in [0.15, 0.2) is 5.82 Å². The van der Waals surface area contributed by atoms with Crippen molar-refractivity contribution in [2.75, 3.05) is 43.0 Å². The number of fused-ring (bicyclic) bond motifs is 1. The summed E-state index contributed by atoms with van der Waals surface area (Å²) in [6.45, 7) is 4.67. The third-order valence-corrected chi connectivity index (χ3v) is 4.55. The van der Waals surface area contributed by atoms with E-state index in [1.165, 1.54) is 0 Å². The summed E-state index contributed by atoms with van der Waals surface area (Å²) in [7, 11) is 0. The molecule has 9 heteroatoms. The Morgan fingerprint density at radius 2 is 2.00 bits per heavy atom. The number of ether oxygens (including phenoxy) is 1. The Hall–Kier alpha value is -3.49. The highest BCUT2D eigenvalue weighted by Crippen LogP contribution is 2.23. The maximum absolute atomic E-state index is 11.8. The van der Waals surface area contributed by atoms with Gasteiger partial charge in [-0.3, -0.25) is 4.98 Å². The summed E-state index contributed by atoms with van der Waals surface area (Å²) >= 11 is 0. The normalized spacial score (nSPS) is 14.2. The first kappa shape index (κ1) is 17.9. The molecular weight excluding hydrogens is 358 g/mol. The summed E-state index contributed by atoms with van der Waals surface area (Å²) in [5.41, 5.74) is 1.67. The lowest BCUT2D eigenvalue weighted by molar-refractivity contribution is 0.105. The Bertz CT molecular complexity index is 968. The Kier molecular flexibility index (Phi) is 5.14. The van der Waals surface area contributed by atoms with E-state index in [-0.39, 0.29) is 6.09 Å². The van der Waals surface area contributed by atoms with E-state index in [0.29, 0.717) is 44.6 Å². The van der Waals surface area contributed by atoms with Crippen molar-refractivity contribution in [2.24, 2.45) is 0 Å². The van der Waals surface area contributed by atoms with E-state index in [9.17, 15) is 4.79 Å². The van der Waals surface area contributed by atoms with Crippen molar-refractivity contribution in [2.45, 2.75) is 6.92 Å². The molecule has 0 atom stereocenters. The molecule has 0 bridgehead atoms. The van der Waals surface area contributed by atoms with Gasteiger partial charge in [0.2, 0.25) is 5.95 Å². The Balaban J connectivity index is 1.47. The molecule has 0 unspecified atom stereocenters. The second kappa shape index (κ2) is 8.03. The molecule has 0 aliphatic carbocycles. The predicted octanol–water partition coefficient (Wildman–Crippen LogP) is 2.44. The molecular formula is C19H21N7O2. The van der Waals surface area contributed by atoms with Crippen LogP contribution in [0.5, 0.6) is 0 Å². The van der Waals surface area contributed by atoms with E-state index < -0.39 is 0 Å². The Labute approximate surface area is 162 Å². The molecule has 9 nitrogen and oxygen atoms in total. The Morgan fingerprint density at radius 3 is 2.82 bits per heavy atom. The van der Waals surface area contributed by atoms with Crippen LogP contribution in [0.3, 0.4) is 0 Å². The Morgan fingerprint density at radius 1 is 1.18 bits per heavy atom. The van der Waals surface area contributed by atoms with Gasteiger partial charge in [-0.1, -0.05) is 18.2 Å². The quantitative estimate of drug-likeness (QED) is 0.738. The molecule has 2 aromatic heterocycles. The molecule has 1 aliphatic heterocycles. The number of hydrogen-bond donors (Lipinski definition) is 1. The number of pyridine rings is 1. The fourth-order valence-electron chi connectivity index (χ4n) is 3.16. The van der Waals surface area contributed by atoms with Crippen LogP contribution in [0.1, 0.15) is 6.92 Å². The van der Waals surface area contributed by atoms with Gasteiger partial charge in [0, 0.05) is 37.8 Å². The van der Waals surface area contributed by atoms with E-state index in [4.69, 9.17) is 4.74 Å². The first-order valence-electron chi connectivity index (χ1n) is 9.22. The number of carbonyl (C=O) groups is 1. The topological polar surface area (TPSA) is 96.4 Å². The van der Waals surface area contributed by atoms with Crippen molar-refractivity contribution in [3.8, 4) is 0 Å². The lowest BCUT2D eigenvalue weighted by atomic mass is 10.2. The fourth-order valence-corrected chi connectivity index (χ4v) is 3.16. The number of rotatable bonds is 4. The van der Waals surface area contributed by atoms with E-state index >= 15 is 0 Å². The molecule has 0 spiro atoms. The molecule has 28 heavy (non-hydrogen) atoms. The maximum Gasteiger partial charge on any atom is 0.409 e. The maximum atomic E-state index is 11.8.